The molecule has 1 unspecified atom stereocenters. The predicted molar refractivity (Wildman–Crippen MR) is 162 cm³/mol. The summed E-state index contributed by atoms with van der Waals surface area (Å²) in [7, 11) is -1.89. The van der Waals surface area contributed by atoms with Crippen LogP contribution in [0.1, 0.15) is 49.9 Å². The molecule has 11 heteroatoms. The van der Waals surface area contributed by atoms with Crippen LogP contribution in [0.2, 0.25) is 18.1 Å². The number of ether oxygens (including phenoxy) is 3. The van der Waals surface area contributed by atoms with Crippen molar-refractivity contribution in [3.05, 3.63) is 98.0 Å². The Hall–Kier alpha value is -3.00. The number of aryl methyl sites for hydroxylation is 2. The van der Waals surface area contributed by atoms with Crippen LogP contribution in [0.4, 0.5) is 0 Å². The van der Waals surface area contributed by atoms with Crippen molar-refractivity contribution < 1.29 is 57.7 Å². The summed E-state index contributed by atoms with van der Waals surface area (Å²) < 4.78 is 61.8. The van der Waals surface area contributed by atoms with E-state index in [1.165, 1.54) is 5.56 Å². The van der Waals surface area contributed by atoms with E-state index >= 15 is 0 Å². The molecule has 0 heterocycles. The zero-order valence-electron chi connectivity index (χ0n) is 27.0. The van der Waals surface area contributed by atoms with Crippen molar-refractivity contribution in [2.24, 2.45) is 5.92 Å². The second kappa shape index (κ2) is 29.7. The van der Waals surface area contributed by atoms with Gasteiger partial charge >= 0.3 is 248 Å². The fourth-order valence-electron chi connectivity index (χ4n) is 3.20. The van der Waals surface area contributed by atoms with E-state index in [0.717, 1.165) is 27.0 Å². The van der Waals surface area contributed by atoms with Gasteiger partial charge in [0.2, 0.25) is 0 Å². The second-order valence-electron chi connectivity index (χ2n) is 10.4. The van der Waals surface area contributed by atoms with Gasteiger partial charge in [0.15, 0.2) is 0 Å². The fraction of sp³-hybridized carbons (Fsp3) is 0.412. The van der Waals surface area contributed by atoms with Crippen LogP contribution in [0.25, 0.3) is 0 Å². The third-order valence-corrected chi connectivity index (χ3v) is 11.0. The molecule has 0 fully saturated rings. The molecule has 240 valence electrons. The third-order valence-electron chi connectivity index (χ3n) is 6.16. The second-order valence-corrected chi connectivity index (χ2v) is 15.7. The van der Waals surface area contributed by atoms with Gasteiger partial charge in [-0.3, -0.25) is 0 Å². The molecule has 0 radical (unpaired) electrons. The van der Waals surface area contributed by atoms with Crippen LogP contribution in [-0.4, -0.2) is 32.9 Å². The third kappa shape index (κ3) is 21.4. The number of rotatable bonds is 11. The molecule has 2 aromatic carbocycles. The van der Waals surface area contributed by atoms with Gasteiger partial charge in [-0.2, -0.15) is 0 Å². The van der Waals surface area contributed by atoms with E-state index in [9.17, 15) is 0 Å². The fourth-order valence-corrected chi connectivity index (χ4v) is 4.79. The average Bonchev–Trinajstić information content (AvgIpc) is 3.03. The Bertz CT molecular complexity index is 1200. The Kier molecular flexibility index (Phi) is 32.3. The predicted octanol–water partition coefficient (Wildman–Crippen LogP) is 6.37. The van der Waals surface area contributed by atoms with Crippen molar-refractivity contribution >= 4 is 12.9 Å². The average molecular weight is 673 g/mol. The summed E-state index contributed by atoms with van der Waals surface area (Å²) in [5, 5.41) is 0.152. The molecular formula is C34H40CrO9Si. The molecule has 1 atom stereocenters. The van der Waals surface area contributed by atoms with Crippen molar-refractivity contribution in [3.63, 3.8) is 0 Å². The van der Waals surface area contributed by atoms with Gasteiger partial charge in [-0.15, -0.1) is 0 Å². The maximum absolute atomic E-state index is 7.50. The minimum absolute atomic E-state index is 0.136. The van der Waals surface area contributed by atoms with Crippen LogP contribution in [-0.2, 0) is 59.9 Å². The van der Waals surface area contributed by atoms with E-state index in [1.807, 2.05) is 25.1 Å². The zero-order chi connectivity index (χ0) is 36.1. The molecule has 0 saturated heterocycles. The molecule has 45 heavy (non-hydrogen) atoms. The van der Waals surface area contributed by atoms with E-state index in [0.29, 0.717) is 19.8 Å². The van der Waals surface area contributed by atoms with E-state index in [1.54, 1.807) is 0 Å². The molecule has 0 aromatic heterocycles. The molecule has 0 N–H and O–H groups in total. The standard InChI is InChI=1S/C29H40O4Si.5CO.Cr/c1-23(19-31-20-26-14-10-9-11-15-26)13-12-16-30-22-32-21-28-24(2)17-27(18-25(28)3)33-34(7,8)29(4,5)6;5*1-2;/h9-11,14-15,17-18,23H,16,19-20,22H2,1-8H3;;;;;;. The first kappa shape index (κ1) is 48.9. The first-order valence-corrected chi connectivity index (χ1v) is 16.6. The summed E-state index contributed by atoms with van der Waals surface area (Å²) >= 11 is 3.04. The van der Waals surface area contributed by atoms with Gasteiger partial charge in [-0.1, -0.05) is 30.3 Å². The van der Waals surface area contributed by atoms with Crippen molar-refractivity contribution in [2.75, 3.05) is 20.0 Å². The van der Waals surface area contributed by atoms with Crippen molar-refractivity contribution in [1.82, 2.24) is 0 Å². The van der Waals surface area contributed by atoms with Crippen molar-refractivity contribution in [2.45, 2.75) is 66.3 Å². The van der Waals surface area contributed by atoms with E-state index < -0.39 is 8.32 Å². The first-order chi connectivity index (χ1) is 21.4. The summed E-state index contributed by atoms with van der Waals surface area (Å²) in [6, 6.07) is 14.3. The van der Waals surface area contributed by atoms with Crippen LogP contribution in [0, 0.1) is 64.9 Å². The van der Waals surface area contributed by atoms with Gasteiger partial charge in [0.1, 0.15) is 0 Å². The Morgan fingerprint density at radius 2 is 1.36 bits per heavy atom. The summed E-state index contributed by atoms with van der Waals surface area (Å²) in [5.41, 5.74) is 4.43. The normalized spacial score (nSPS) is 10.0. The zero-order valence-corrected chi connectivity index (χ0v) is 29.3. The van der Waals surface area contributed by atoms with Crippen LogP contribution < -0.4 is 4.43 Å². The van der Waals surface area contributed by atoms with Crippen LogP contribution in [0.3, 0.4) is 0 Å². The summed E-state index contributed by atoms with van der Waals surface area (Å²) in [5.74, 6) is 7.28. The van der Waals surface area contributed by atoms with Gasteiger partial charge in [-0.05, 0) is 0 Å². The van der Waals surface area contributed by atoms with Gasteiger partial charge in [0, 0.05) is 0 Å². The Balaban J connectivity index is -0.000000762. The molecule has 0 aliphatic rings. The van der Waals surface area contributed by atoms with Gasteiger partial charge in [0.25, 0.3) is 0 Å². The molecule has 9 nitrogen and oxygen atoms in total. The molecule has 0 aliphatic carbocycles. The number of hydrogen-bond acceptors (Lipinski definition) is 4. The van der Waals surface area contributed by atoms with E-state index in [4.69, 9.17) is 41.9 Å². The van der Waals surface area contributed by atoms with Gasteiger partial charge in [0.05, 0.1) is 0 Å². The van der Waals surface area contributed by atoms with E-state index in [-0.39, 0.29) is 17.7 Å². The topological polar surface area (TPSA) is 136 Å². The summed E-state index contributed by atoms with van der Waals surface area (Å²) in [6.07, 6.45) is 0. The SMILES string of the molecule is Cc1cc(O[Si](C)(C)C(C)(C)C)cc(C)c1[C](=[Cr])OCOCC#CC(C)COCc1ccccc1.[C-]#[O+].[C-]#[O+].[C-]#[O+].[C-]#[O+].[C-]#[O+]. The summed E-state index contributed by atoms with van der Waals surface area (Å²) in [4.78, 5) is 0. The van der Waals surface area contributed by atoms with Gasteiger partial charge in [-0.25, -0.2) is 0 Å². The Labute approximate surface area is 277 Å². The monoisotopic (exact) mass is 672 g/mol. The quantitative estimate of drug-likeness (QED) is 0.0684. The number of hydrogen-bond donors (Lipinski definition) is 0. The molecule has 0 amide bonds. The molecule has 0 spiro atoms. The minimum atomic E-state index is -1.89. The van der Waals surface area contributed by atoms with Crippen LogP contribution in [0.5, 0.6) is 5.75 Å². The molecule has 2 rings (SSSR count). The van der Waals surface area contributed by atoms with Crippen molar-refractivity contribution in [3.8, 4) is 17.6 Å². The van der Waals surface area contributed by atoms with Crippen LogP contribution in [0.15, 0.2) is 42.5 Å². The van der Waals surface area contributed by atoms with Crippen LogP contribution >= 0.6 is 0 Å². The van der Waals surface area contributed by atoms with Crippen molar-refractivity contribution in [1.29, 1.82) is 0 Å². The molecule has 0 saturated carbocycles. The Morgan fingerprint density at radius 3 is 1.82 bits per heavy atom. The van der Waals surface area contributed by atoms with Gasteiger partial charge < -0.3 is 0 Å². The molecule has 2 aromatic rings. The molecule has 0 aliphatic heterocycles. The molecular weight excluding hydrogens is 632 g/mol. The summed E-state index contributed by atoms with van der Waals surface area (Å²) in [6.45, 7) is 41.6. The number of benzene rings is 2. The maximum atomic E-state index is 7.50. The van der Waals surface area contributed by atoms with E-state index in [2.05, 4.69) is 133 Å². The Morgan fingerprint density at radius 1 is 0.867 bits per heavy atom. The molecule has 0 bridgehead atoms. The first-order valence-electron chi connectivity index (χ1n) is 13.1.